The van der Waals surface area contributed by atoms with E-state index in [0.29, 0.717) is 19.4 Å². The van der Waals surface area contributed by atoms with Crippen molar-refractivity contribution < 1.29 is 9.90 Å². The van der Waals surface area contributed by atoms with Crippen molar-refractivity contribution in [3.05, 3.63) is 41.7 Å². The first-order chi connectivity index (χ1) is 10.2. The third-order valence-electron chi connectivity index (χ3n) is 4.80. The zero-order valence-electron chi connectivity index (χ0n) is 11.6. The number of carboxylic acids is 1. The molecule has 2 aliphatic rings. The first kappa shape index (κ1) is 12.5. The highest BCUT2D eigenvalue weighted by atomic mass is 16.4. The largest absolute Gasteiger partial charge is 0.481 e. The Morgan fingerprint density at radius 3 is 2.48 bits per heavy atom. The van der Waals surface area contributed by atoms with Crippen LogP contribution in [-0.2, 0) is 16.8 Å². The smallest absolute Gasteiger partial charge is 0.311 e. The second-order valence-electron chi connectivity index (χ2n) is 6.19. The van der Waals surface area contributed by atoms with Gasteiger partial charge >= 0.3 is 5.97 Å². The van der Waals surface area contributed by atoms with E-state index in [1.165, 1.54) is 5.56 Å². The van der Waals surface area contributed by atoms with E-state index in [1.54, 1.807) is 4.68 Å². The van der Waals surface area contributed by atoms with E-state index < -0.39 is 11.4 Å². The lowest BCUT2D eigenvalue weighted by molar-refractivity contribution is -0.144. The first-order valence-electron chi connectivity index (χ1n) is 7.22. The summed E-state index contributed by atoms with van der Waals surface area (Å²) in [7, 11) is 0. The van der Waals surface area contributed by atoms with E-state index in [4.69, 9.17) is 0 Å². The number of hydrogen-bond acceptors (Lipinski definition) is 4. The predicted molar refractivity (Wildman–Crippen MR) is 73.6 cm³/mol. The summed E-state index contributed by atoms with van der Waals surface area (Å²) in [5, 5.41) is 21.4. The van der Waals surface area contributed by atoms with Gasteiger partial charge in [0.05, 0.1) is 17.4 Å². The maximum Gasteiger partial charge on any atom is 0.311 e. The van der Waals surface area contributed by atoms with Gasteiger partial charge in [0.25, 0.3) is 0 Å². The lowest BCUT2D eigenvalue weighted by Crippen LogP contribution is -2.26. The maximum atomic E-state index is 11.4. The average molecular weight is 284 g/mol. The quantitative estimate of drug-likeness (QED) is 0.902. The van der Waals surface area contributed by atoms with Gasteiger partial charge < -0.3 is 5.11 Å². The molecule has 6 heteroatoms. The second kappa shape index (κ2) is 4.13. The van der Waals surface area contributed by atoms with Gasteiger partial charge in [0.1, 0.15) is 0 Å². The molecular formula is C15H16N4O2. The van der Waals surface area contributed by atoms with Gasteiger partial charge in [0, 0.05) is 0 Å². The summed E-state index contributed by atoms with van der Waals surface area (Å²) in [6.45, 7) is 0.374. The van der Waals surface area contributed by atoms with Crippen molar-refractivity contribution in [3.63, 3.8) is 0 Å². The van der Waals surface area contributed by atoms with Gasteiger partial charge in [0.2, 0.25) is 0 Å². The summed E-state index contributed by atoms with van der Waals surface area (Å²) in [5.41, 5.74) is 0.428. The van der Waals surface area contributed by atoms with Gasteiger partial charge in [-0.15, -0.1) is 5.10 Å². The highest BCUT2D eigenvalue weighted by Gasteiger charge is 2.54. The fraction of sp³-hybridized carbons (Fsp3) is 0.467. The number of nitrogens with zero attached hydrogens (tertiary/aromatic N) is 4. The summed E-state index contributed by atoms with van der Waals surface area (Å²) in [6.07, 6.45) is 3.44. The normalized spacial score (nSPS) is 21.0. The number of benzene rings is 1. The summed E-state index contributed by atoms with van der Waals surface area (Å²) < 4.78 is 1.71. The van der Waals surface area contributed by atoms with Crippen LogP contribution in [0.4, 0.5) is 0 Å². The summed E-state index contributed by atoms with van der Waals surface area (Å²) in [5.74, 6) is 0.0646. The number of rotatable bonds is 5. The Balaban J connectivity index is 1.69. The molecule has 0 atom stereocenters. The van der Waals surface area contributed by atoms with Crippen LogP contribution in [0.2, 0.25) is 0 Å². The second-order valence-corrected chi connectivity index (χ2v) is 6.19. The van der Waals surface area contributed by atoms with Gasteiger partial charge in [-0.25, -0.2) is 4.68 Å². The van der Waals surface area contributed by atoms with Crippen LogP contribution in [0.3, 0.4) is 0 Å². The van der Waals surface area contributed by atoms with E-state index in [2.05, 4.69) is 27.7 Å². The van der Waals surface area contributed by atoms with Crippen LogP contribution >= 0.6 is 0 Å². The molecule has 0 radical (unpaired) electrons. The van der Waals surface area contributed by atoms with E-state index in [0.717, 1.165) is 18.7 Å². The SMILES string of the molecule is O=C(O)C1(Cn2nnnc2C2(c3ccccc3)CC2)CC1. The lowest BCUT2D eigenvalue weighted by atomic mass is 9.95. The zero-order valence-corrected chi connectivity index (χ0v) is 11.6. The molecule has 2 aromatic rings. The molecule has 0 amide bonds. The molecule has 2 fully saturated rings. The molecular weight excluding hydrogens is 268 g/mol. The maximum absolute atomic E-state index is 11.4. The molecule has 0 spiro atoms. The van der Waals surface area contributed by atoms with Crippen molar-refractivity contribution in [3.8, 4) is 0 Å². The minimum absolute atomic E-state index is 0.126. The van der Waals surface area contributed by atoms with Gasteiger partial charge in [-0.1, -0.05) is 30.3 Å². The Morgan fingerprint density at radius 2 is 1.90 bits per heavy atom. The molecule has 108 valence electrons. The fourth-order valence-corrected chi connectivity index (χ4v) is 3.05. The number of aromatic nitrogens is 4. The molecule has 0 bridgehead atoms. The zero-order chi connectivity index (χ0) is 14.5. The molecule has 1 N–H and O–H groups in total. The van der Waals surface area contributed by atoms with Crippen molar-refractivity contribution in [1.82, 2.24) is 20.2 Å². The number of aliphatic carboxylic acids is 1. The molecule has 1 heterocycles. The summed E-state index contributed by atoms with van der Waals surface area (Å²) in [6, 6.07) is 10.2. The van der Waals surface area contributed by atoms with Crippen LogP contribution in [0.15, 0.2) is 30.3 Å². The highest BCUT2D eigenvalue weighted by molar-refractivity contribution is 5.77. The number of tetrazole rings is 1. The molecule has 0 aliphatic heterocycles. The van der Waals surface area contributed by atoms with Gasteiger partial charge in [-0.2, -0.15) is 0 Å². The Labute approximate surface area is 121 Å². The predicted octanol–water partition coefficient (Wildman–Crippen LogP) is 1.62. The molecule has 0 unspecified atom stereocenters. The van der Waals surface area contributed by atoms with Crippen molar-refractivity contribution in [2.45, 2.75) is 37.6 Å². The highest BCUT2D eigenvalue weighted by Crippen LogP contribution is 2.53. The van der Waals surface area contributed by atoms with Crippen LogP contribution in [0, 0.1) is 5.41 Å². The molecule has 2 saturated carbocycles. The molecule has 21 heavy (non-hydrogen) atoms. The third-order valence-corrected chi connectivity index (χ3v) is 4.80. The molecule has 4 rings (SSSR count). The molecule has 1 aromatic carbocycles. The van der Waals surface area contributed by atoms with Gasteiger partial charge in [0.15, 0.2) is 5.82 Å². The van der Waals surface area contributed by atoms with Crippen LogP contribution in [0.5, 0.6) is 0 Å². The lowest BCUT2D eigenvalue weighted by Gasteiger charge is -2.17. The summed E-state index contributed by atoms with van der Waals surface area (Å²) >= 11 is 0. The Hall–Kier alpha value is -2.24. The van der Waals surface area contributed by atoms with E-state index in [-0.39, 0.29) is 5.41 Å². The summed E-state index contributed by atoms with van der Waals surface area (Å²) in [4.78, 5) is 11.4. The van der Waals surface area contributed by atoms with Crippen LogP contribution in [0.25, 0.3) is 0 Å². The molecule has 6 nitrogen and oxygen atoms in total. The monoisotopic (exact) mass is 284 g/mol. The minimum Gasteiger partial charge on any atom is -0.481 e. The van der Waals surface area contributed by atoms with E-state index in [9.17, 15) is 9.90 Å². The minimum atomic E-state index is -0.742. The number of carbonyl (C=O) groups is 1. The Kier molecular flexibility index (Phi) is 2.46. The van der Waals surface area contributed by atoms with Crippen LogP contribution in [-0.4, -0.2) is 31.3 Å². The molecule has 1 aromatic heterocycles. The number of carboxylic acid groups (broad SMARTS) is 1. The standard InChI is InChI=1S/C15H16N4O2/c20-13(21)14(6-7-14)10-19-12(16-17-18-19)15(8-9-15)11-4-2-1-3-5-11/h1-5H,6-10H2,(H,20,21). The van der Waals surface area contributed by atoms with Gasteiger partial charge in [-0.3, -0.25) is 4.79 Å². The molecule has 0 saturated heterocycles. The number of hydrogen-bond donors (Lipinski definition) is 1. The van der Waals surface area contributed by atoms with Crippen LogP contribution in [0.1, 0.15) is 37.1 Å². The third kappa shape index (κ3) is 1.86. The first-order valence-corrected chi connectivity index (χ1v) is 7.22. The topological polar surface area (TPSA) is 80.9 Å². The van der Waals surface area contributed by atoms with Gasteiger partial charge in [-0.05, 0) is 41.7 Å². The molecule has 2 aliphatic carbocycles. The van der Waals surface area contributed by atoms with Crippen molar-refractivity contribution >= 4 is 5.97 Å². The average Bonchev–Trinajstić information content (AvgIpc) is 3.40. The Bertz CT molecular complexity index is 687. The van der Waals surface area contributed by atoms with Crippen molar-refractivity contribution in [2.75, 3.05) is 0 Å². The van der Waals surface area contributed by atoms with Crippen molar-refractivity contribution in [2.24, 2.45) is 5.41 Å². The fourth-order valence-electron chi connectivity index (χ4n) is 3.05. The van der Waals surface area contributed by atoms with E-state index >= 15 is 0 Å². The Morgan fingerprint density at radius 1 is 1.19 bits per heavy atom. The van der Waals surface area contributed by atoms with Crippen molar-refractivity contribution in [1.29, 1.82) is 0 Å². The van der Waals surface area contributed by atoms with Crippen LogP contribution < -0.4 is 0 Å². The van der Waals surface area contributed by atoms with E-state index in [1.807, 2.05) is 18.2 Å².